The highest BCUT2D eigenvalue weighted by Crippen LogP contribution is 2.58. The molecule has 0 atom stereocenters. The molecule has 0 aliphatic heterocycles. The van der Waals surface area contributed by atoms with Crippen molar-refractivity contribution in [1.82, 2.24) is 0 Å². The molecule has 0 unspecified atom stereocenters. The second-order valence-electron chi connectivity index (χ2n) is 7.20. The van der Waals surface area contributed by atoms with Crippen LogP contribution < -0.4 is 9.79 Å². The highest BCUT2D eigenvalue weighted by Gasteiger charge is 2.28. The van der Waals surface area contributed by atoms with E-state index in [1.165, 1.54) is 12.8 Å². The Balaban J connectivity index is 0. The van der Waals surface area contributed by atoms with Gasteiger partial charge in [0.25, 0.3) is 0 Å². The van der Waals surface area contributed by atoms with Crippen LogP contribution in [0.2, 0.25) is 0 Å². The first kappa shape index (κ1) is 33.3. The molecule has 0 radical (unpaired) electrons. The summed E-state index contributed by atoms with van der Waals surface area (Å²) >= 11 is 0. The van der Waals surface area contributed by atoms with Crippen molar-refractivity contribution in [2.45, 2.75) is 97.0 Å². The van der Waals surface area contributed by atoms with Gasteiger partial charge in [-0.3, -0.25) is 13.4 Å². The molecule has 0 heterocycles. The van der Waals surface area contributed by atoms with E-state index < -0.39 is 21.7 Å². The molecule has 0 aromatic carbocycles. The van der Waals surface area contributed by atoms with Gasteiger partial charge in [-0.2, -0.15) is 0 Å². The minimum atomic E-state index is -5.44. The monoisotopic (exact) mass is 492 g/mol. The van der Waals surface area contributed by atoms with E-state index in [9.17, 15) is 18.9 Å². The van der Waals surface area contributed by atoms with E-state index in [0.717, 1.165) is 51.4 Å². The van der Waals surface area contributed by atoms with E-state index in [4.69, 9.17) is 24.4 Å². The van der Waals surface area contributed by atoms with E-state index in [1.54, 1.807) is 0 Å². The lowest BCUT2D eigenvalue weighted by atomic mass is 10.1. The maximum Gasteiger partial charge on any atom is 0.478 e. The summed E-state index contributed by atoms with van der Waals surface area (Å²) in [6.45, 7) is 3.61. The van der Waals surface area contributed by atoms with E-state index in [0.29, 0.717) is 12.8 Å². The fourth-order valence-corrected chi connectivity index (χ4v) is 4.52. The Bertz CT molecular complexity index is 447. The summed E-state index contributed by atoms with van der Waals surface area (Å²) in [4.78, 5) is 21.6. The van der Waals surface area contributed by atoms with E-state index >= 15 is 0 Å². The summed E-state index contributed by atoms with van der Waals surface area (Å²) in [7, 11) is -9.79. The second kappa shape index (κ2) is 22.0. The molecular weight excluding hydrogens is 450 g/mol. The van der Waals surface area contributed by atoms with Gasteiger partial charge in [-0.15, -0.1) is 0 Å². The SMILES string of the molecule is CCCCCCCCOP(=O)(OCCCCCCCC)OP(=O)([O-])[O-].OCC(O)CO. The zero-order valence-electron chi connectivity index (χ0n) is 19.0. The van der Waals surface area contributed by atoms with Gasteiger partial charge in [-0.1, -0.05) is 78.1 Å². The van der Waals surface area contributed by atoms with Crippen LogP contribution in [0, 0.1) is 0 Å². The molecule has 0 bridgehead atoms. The van der Waals surface area contributed by atoms with Gasteiger partial charge in [-0.25, -0.2) is 4.57 Å². The average Bonchev–Trinajstić information content (AvgIpc) is 2.71. The molecule has 12 heteroatoms. The first-order chi connectivity index (χ1) is 14.6. The highest BCUT2D eigenvalue weighted by molar-refractivity contribution is 7.60. The Morgan fingerprint density at radius 3 is 1.35 bits per heavy atom. The van der Waals surface area contributed by atoms with Crippen LogP contribution in [0.5, 0.6) is 0 Å². The minimum Gasteiger partial charge on any atom is -0.789 e. The zero-order chi connectivity index (χ0) is 24.0. The first-order valence-corrected chi connectivity index (χ1v) is 14.1. The lowest BCUT2D eigenvalue weighted by Gasteiger charge is -2.31. The summed E-state index contributed by atoms with van der Waals surface area (Å²) in [5.41, 5.74) is 0. The fraction of sp³-hybridized carbons (Fsp3) is 1.00. The van der Waals surface area contributed by atoms with Crippen molar-refractivity contribution in [2.24, 2.45) is 0 Å². The number of rotatable bonds is 20. The van der Waals surface area contributed by atoms with Gasteiger partial charge in [0, 0.05) is 0 Å². The van der Waals surface area contributed by atoms with Gasteiger partial charge < -0.3 is 29.7 Å². The maximum atomic E-state index is 12.3. The lowest BCUT2D eigenvalue weighted by Crippen LogP contribution is -2.17. The Labute approximate surface area is 187 Å². The normalized spacial score (nSPS) is 12.1. The number of hydrogen-bond acceptors (Lipinski definition) is 10. The van der Waals surface area contributed by atoms with E-state index in [2.05, 4.69) is 18.2 Å². The van der Waals surface area contributed by atoms with Gasteiger partial charge in [0.2, 0.25) is 0 Å². The Morgan fingerprint density at radius 1 is 0.710 bits per heavy atom. The summed E-state index contributed by atoms with van der Waals surface area (Å²) in [6, 6.07) is 0. The van der Waals surface area contributed by atoms with Crippen molar-refractivity contribution in [3.05, 3.63) is 0 Å². The highest BCUT2D eigenvalue weighted by atomic mass is 31.3. The smallest absolute Gasteiger partial charge is 0.478 e. The molecule has 31 heavy (non-hydrogen) atoms. The van der Waals surface area contributed by atoms with Crippen LogP contribution in [0.4, 0.5) is 0 Å². The van der Waals surface area contributed by atoms with Crippen LogP contribution in [0.3, 0.4) is 0 Å². The molecule has 0 saturated carbocycles. The number of aliphatic hydroxyl groups excluding tert-OH is 3. The van der Waals surface area contributed by atoms with Gasteiger partial charge in [0.05, 0.1) is 34.3 Å². The third kappa shape index (κ3) is 26.3. The number of unbranched alkanes of at least 4 members (excludes halogenated alkanes) is 10. The Kier molecular flexibility index (Phi) is 23.6. The van der Waals surface area contributed by atoms with E-state index in [-0.39, 0.29) is 26.4 Å². The fourth-order valence-electron chi connectivity index (χ4n) is 2.38. The summed E-state index contributed by atoms with van der Waals surface area (Å²) in [6.07, 6.45) is 11.0. The Morgan fingerprint density at radius 2 is 1.06 bits per heavy atom. The first-order valence-electron chi connectivity index (χ1n) is 11.2. The van der Waals surface area contributed by atoms with Crippen LogP contribution in [0.15, 0.2) is 0 Å². The second-order valence-corrected chi connectivity index (χ2v) is 10.2. The van der Waals surface area contributed by atoms with Crippen molar-refractivity contribution >= 4 is 15.6 Å². The molecule has 10 nitrogen and oxygen atoms in total. The number of phosphoric acid groups is 2. The topological polar surface area (TPSA) is 169 Å². The predicted octanol–water partition coefficient (Wildman–Crippen LogP) is 3.03. The summed E-state index contributed by atoms with van der Waals surface area (Å²) in [5, 5.41) is 24.0. The minimum absolute atomic E-state index is 0.0416. The number of phosphoric ester groups is 1. The Hall–Kier alpha value is 0.140. The van der Waals surface area contributed by atoms with Gasteiger partial charge in [-0.05, 0) is 12.8 Å². The molecule has 0 amide bonds. The van der Waals surface area contributed by atoms with E-state index in [1.807, 2.05) is 0 Å². The predicted molar refractivity (Wildman–Crippen MR) is 115 cm³/mol. The van der Waals surface area contributed by atoms with Crippen LogP contribution >= 0.6 is 15.6 Å². The molecule has 0 fully saturated rings. The summed E-state index contributed by atoms with van der Waals surface area (Å²) in [5.74, 6) is 0. The van der Waals surface area contributed by atoms with Gasteiger partial charge >= 0.3 is 7.82 Å². The molecule has 3 N–H and O–H groups in total. The van der Waals surface area contributed by atoms with Crippen molar-refractivity contribution in [2.75, 3.05) is 26.4 Å². The molecule has 0 aromatic rings. The van der Waals surface area contributed by atoms with Gasteiger partial charge in [0.1, 0.15) is 6.10 Å². The summed E-state index contributed by atoms with van der Waals surface area (Å²) < 4.78 is 37.1. The molecule has 0 saturated heterocycles. The van der Waals surface area contributed by atoms with Crippen molar-refractivity contribution < 1.29 is 47.6 Å². The van der Waals surface area contributed by atoms with Crippen molar-refractivity contribution in [3.8, 4) is 0 Å². The molecule has 0 spiro atoms. The molecule has 0 aliphatic rings. The van der Waals surface area contributed by atoms with Crippen LogP contribution in [-0.4, -0.2) is 47.9 Å². The number of hydrogen-bond donors (Lipinski definition) is 3. The lowest BCUT2D eigenvalue weighted by molar-refractivity contribution is -0.334. The maximum absolute atomic E-state index is 12.3. The quantitative estimate of drug-likeness (QED) is 0.170. The average molecular weight is 492 g/mol. The van der Waals surface area contributed by atoms with Crippen LogP contribution in [0.1, 0.15) is 90.9 Å². The molecule has 190 valence electrons. The zero-order valence-corrected chi connectivity index (χ0v) is 20.8. The molecular formula is C19H42O10P2-2. The third-order valence-electron chi connectivity index (χ3n) is 4.12. The van der Waals surface area contributed by atoms with Gasteiger partial charge in [0.15, 0.2) is 0 Å². The number of aliphatic hydroxyl groups is 3. The van der Waals surface area contributed by atoms with Crippen LogP contribution in [0.25, 0.3) is 0 Å². The van der Waals surface area contributed by atoms with Crippen molar-refractivity contribution in [3.63, 3.8) is 0 Å². The standard InChI is InChI=1S/C16H36O7P2.C3H8O3/c1-3-5-7-9-11-13-15-21-25(20,23-24(17,18)19)22-16-14-12-10-8-6-4-2;4-1-3(6)2-5/h3-16H2,1-2H3,(H2,17,18,19);3-6H,1-2H2/p-2. The molecule has 0 aromatic heterocycles. The van der Waals surface area contributed by atoms with Crippen molar-refractivity contribution in [1.29, 1.82) is 0 Å². The third-order valence-corrected chi connectivity index (χ3v) is 6.71. The molecule has 0 rings (SSSR count). The largest absolute Gasteiger partial charge is 0.789 e. The van der Waals surface area contributed by atoms with Crippen LogP contribution in [-0.2, 0) is 22.5 Å². The molecule has 0 aliphatic carbocycles.